The Morgan fingerprint density at radius 3 is 2.82 bits per heavy atom. The van der Waals surface area contributed by atoms with Gasteiger partial charge in [-0.2, -0.15) is 0 Å². The van der Waals surface area contributed by atoms with E-state index in [0.717, 1.165) is 12.8 Å². The Labute approximate surface area is 67.5 Å². The highest BCUT2D eigenvalue weighted by Crippen LogP contribution is 2.46. The molecular formula is C10H14O. The molecule has 2 aliphatic rings. The molecule has 60 valence electrons. The Morgan fingerprint density at radius 1 is 1.55 bits per heavy atom. The number of allylic oxidation sites excluding steroid dienone is 2. The first kappa shape index (κ1) is 7.08. The lowest BCUT2D eigenvalue weighted by atomic mass is 9.72. The van der Waals surface area contributed by atoms with Crippen LogP contribution in [0.3, 0.4) is 0 Å². The smallest absolute Gasteiger partial charge is 0.140 e. The Bertz CT molecular complexity index is 225. The maximum absolute atomic E-state index is 11.2. The van der Waals surface area contributed by atoms with Gasteiger partial charge in [-0.3, -0.25) is 4.79 Å². The largest absolute Gasteiger partial charge is 0.299 e. The molecule has 1 fully saturated rings. The molecule has 0 saturated heterocycles. The van der Waals surface area contributed by atoms with Gasteiger partial charge >= 0.3 is 0 Å². The monoisotopic (exact) mass is 150 g/mol. The molecule has 1 nitrogen and oxygen atoms in total. The third-order valence-corrected chi connectivity index (χ3v) is 2.97. The highest BCUT2D eigenvalue weighted by Gasteiger charge is 2.42. The van der Waals surface area contributed by atoms with Gasteiger partial charge in [0.2, 0.25) is 0 Å². The lowest BCUT2D eigenvalue weighted by molar-refractivity contribution is -0.120. The average molecular weight is 150 g/mol. The van der Waals surface area contributed by atoms with Crippen molar-refractivity contribution in [3.05, 3.63) is 11.6 Å². The van der Waals surface area contributed by atoms with E-state index in [9.17, 15) is 4.79 Å². The zero-order valence-electron chi connectivity index (χ0n) is 7.13. The first-order valence-electron chi connectivity index (χ1n) is 4.44. The molecule has 1 saturated carbocycles. The van der Waals surface area contributed by atoms with Crippen molar-refractivity contribution in [2.45, 2.75) is 26.7 Å². The molecule has 1 heteroatoms. The van der Waals surface area contributed by atoms with Gasteiger partial charge < -0.3 is 0 Å². The Balaban J connectivity index is 2.16. The van der Waals surface area contributed by atoms with Crippen LogP contribution in [0.5, 0.6) is 0 Å². The number of ketones is 1. The lowest BCUT2D eigenvalue weighted by Crippen LogP contribution is -2.26. The summed E-state index contributed by atoms with van der Waals surface area (Å²) in [4.78, 5) is 11.2. The maximum Gasteiger partial charge on any atom is 0.140 e. The number of fused-ring (bicyclic) bond motifs is 1. The van der Waals surface area contributed by atoms with Crippen LogP contribution in [0.2, 0.25) is 0 Å². The van der Waals surface area contributed by atoms with Gasteiger partial charge in [-0.15, -0.1) is 0 Å². The molecule has 0 amide bonds. The topological polar surface area (TPSA) is 17.1 Å². The molecular weight excluding hydrogens is 136 g/mol. The molecule has 0 aromatic carbocycles. The van der Waals surface area contributed by atoms with Crippen LogP contribution >= 0.6 is 0 Å². The summed E-state index contributed by atoms with van der Waals surface area (Å²) in [6, 6.07) is 0. The lowest BCUT2D eigenvalue weighted by Gasteiger charge is -2.32. The number of hydrogen-bond donors (Lipinski definition) is 0. The van der Waals surface area contributed by atoms with Gasteiger partial charge in [0.15, 0.2) is 0 Å². The summed E-state index contributed by atoms with van der Waals surface area (Å²) in [5, 5.41) is 0. The third kappa shape index (κ3) is 0.867. The van der Waals surface area contributed by atoms with Crippen molar-refractivity contribution in [1.29, 1.82) is 0 Å². The summed E-state index contributed by atoms with van der Waals surface area (Å²) < 4.78 is 0. The minimum absolute atomic E-state index is 0.326. The minimum Gasteiger partial charge on any atom is -0.299 e. The SMILES string of the molecule is CC(C)C1=CC2C(=O)CCC12. The van der Waals surface area contributed by atoms with E-state index < -0.39 is 0 Å². The Hall–Kier alpha value is -0.590. The van der Waals surface area contributed by atoms with Crippen molar-refractivity contribution in [2.24, 2.45) is 17.8 Å². The fraction of sp³-hybridized carbons (Fsp3) is 0.700. The van der Waals surface area contributed by atoms with Crippen molar-refractivity contribution in [1.82, 2.24) is 0 Å². The van der Waals surface area contributed by atoms with E-state index in [1.165, 1.54) is 5.57 Å². The summed E-state index contributed by atoms with van der Waals surface area (Å²) in [7, 11) is 0. The van der Waals surface area contributed by atoms with Gasteiger partial charge in [0.25, 0.3) is 0 Å². The summed E-state index contributed by atoms with van der Waals surface area (Å²) in [6.07, 6.45) is 4.13. The van der Waals surface area contributed by atoms with Gasteiger partial charge in [0, 0.05) is 12.3 Å². The molecule has 2 atom stereocenters. The van der Waals surface area contributed by atoms with Crippen LogP contribution in [-0.2, 0) is 4.79 Å². The highest BCUT2D eigenvalue weighted by molar-refractivity contribution is 5.87. The quantitative estimate of drug-likeness (QED) is 0.523. The third-order valence-electron chi connectivity index (χ3n) is 2.97. The van der Waals surface area contributed by atoms with Crippen molar-refractivity contribution >= 4 is 5.78 Å². The standard InChI is InChI=1S/C10H14O/c1-6(2)8-5-9-7(8)3-4-10(9)11/h5-7,9H,3-4H2,1-2H3. The molecule has 0 aliphatic heterocycles. The van der Waals surface area contributed by atoms with E-state index in [2.05, 4.69) is 19.9 Å². The van der Waals surface area contributed by atoms with Crippen molar-refractivity contribution in [3.8, 4) is 0 Å². The molecule has 2 rings (SSSR count). The zero-order valence-corrected chi connectivity index (χ0v) is 7.13. The minimum atomic E-state index is 0.326. The van der Waals surface area contributed by atoms with E-state index in [1.807, 2.05) is 0 Å². The number of carbonyl (C=O) groups excluding carboxylic acids is 1. The Kier molecular flexibility index (Phi) is 1.41. The molecule has 0 aromatic heterocycles. The van der Waals surface area contributed by atoms with Crippen molar-refractivity contribution in [2.75, 3.05) is 0 Å². The summed E-state index contributed by atoms with van der Waals surface area (Å²) >= 11 is 0. The van der Waals surface area contributed by atoms with Crippen LogP contribution in [0.15, 0.2) is 11.6 Å². The van der Waals surface area contributed by atoms with Crippen molar-refractivity contribution in [3.63, 3.8) is 0 Å². The van der Waals surface area contributed by atoms with Gasteiger partial charge in [0.1, 0.15) is 5.78 Å². The maximum atomic E-state index is 11.2. The predicted molar refractivity (Wildman–Crippen MR) is 44.1 cm³/mol. The first-order chi connectivity index (χ1) is 5.20. The molecule has 0 heterocycles. The summed E-state index contributed by atoms with van der Waals surface area (Å²) in [5.41, 5.74) is 1.53. The second kappa shape index (κ2) is 2.20. The summed E-state index contributed by atoms with van der Waals surface area (Å²) in [5.74, 6) is 2.09. The molecule has 0 bridgehead atoms. The predicted octanol–water partition coefficient (Wildman–Crippen LogP) is 2.18. The van der Waals surface area contributed by atoms with Crippen LogP contribution in [-0.4, -0.2) is 5.78 Å². The number of hydrogen-bond acceptors (Lipinski definition) is 1. The molecule has 0 N–H and O–H groups in total. The first-order valence-corrected chi connectivity index (χ1v) is 4.44. The van der Waals surface area contributed by atoms with Crippen LogP contribution in [0, 0.1) is 17.8 Å². The molecule has 0 spiro atoms. The zero-order chi connectivity index (χ0) is 8.01. The van der Waals surface area contributed by atoms with Gasteiger partial charge in [-0.25, -0.2) is 0 Å². The second-order valence-electron chi connectivity index (χ2n) is 3.96. The Morgan fingerprint density at radius 2 is 2.27 bits per heavy atom. The van der Waals surface area contributed by atoms with Crippen LogP contribution in [0.25, 0.3) is 0 Å². The number of Topliss-reactive ketones (excluding diaryl/α,β-unsaturated/α-hetero) is 1. The molecule has 2 aliphatic carbocycles. The molecule has 0 radical (unpaired) electrons. The van der Waals surface area contributed by atoms with Crippen LogP contribution in [0.4, 0.5) is 0 Å². The van der Waals surface area contributed by atoms with Gasteiger partial charge in [0.05, 0.1) is 0 Å². The normalized spacial score (nSPS) is 35.2. The molecule has 2 unspecified atom stereocenters. The van der Waals surface area contributed by atoms with Gasteiger partial charge in [-0.05, 0) is 18.3 Å². The second-order valence-corrected chi connectivity index (χ2v) is 3.96. The fourth-order valence-electron chi connectivity index (χ4n) is 2.28. The van der Waals surface area contributed by atoms with Crippen LogP contribution in [0.1, 0.15) is 26.7 Å². The molecule has 0 aromatic rings. The van der Waals surface area contributed by atoms with E-state index in [0.29, 0.717) is 23.5 Å². The van der Waals surface area contributed by atoms with E-state index >= 15 is 0 Å². The highest BCUT2D eigenvalue weighted by atomic mass is 16.1. The van der Waals surface area contributed by atoms with E-state index in [-0.39, 0.29) is 0 Å². The van der Waals surface area contributed by atoms with Crippen molar-refractivity contribution < 1.29 is 4.79 Å². The van der Waals surface area contributed by atoms with Gasteiger partial charge in [-0.1, -0.05) is 25.5 Å². The number of carbonyl (C=O) groups is 1. The number of rotatable bonds is 1. The average Bonchev–Trinajstić information content (AvgIpc) is 2.06. The summed E-state index contributed by atoms with van der Waals surface area (Å²) in [6.45, 7) is 4.43. The van der Waals surface area contributed by atoms with Crippen LogP contribution < -0.4 is 0 Å². The molecule has 11 heavy (non-hydrogen) atoms. The van der Waals surface area contributed by atoms with E-state index in [4.69, 9.17) is 0 Å². The fourth-order valence-corrected chi connectivity index (χ4v) is 2.28. The van der Waals surface area contributed by atoms with E-state index in [1.54, 1.807) is 0 Å².